The molecule has 0 aliphatic carbocycles. The summed E-state index contributed by atoms with van der Waals surface area (Å²) in [5.41, 5.74) is 1.55. The van der Waals surface area contributed by atoms with Gasteiger partial charge in [0, 0.05) is 24.3 Å². The van der Waals surface area contributed by atoms with Gasteiger partial charge < -0.3 is 9.30 Å². The van der Waals surface area contributed by atoms with E-state index in [-0.39, 0.29) is 11.7 Å². The smallest absolute Gasteiger partial charge is 0.416 e. The molecule has 0 spiro atoms. The minimum absolute atomic E-state index is 0.269. The molecule has 27 heavy (non-hydrogen) atoms. The molecule has 0 radical (unpaired) electrons. The normalized spacial score (nSPS) is 12.6. The summed E-state index contributed by atoms with van der Waals surface area (Å²) in [5.74, 6) is -0.505. The number of benzene rings is 2. The van der Waals surface area contributed by atoms with Crippen molar-refractivity contribution >= 4 is 27.9 Å². The van der Waals surface area contributed by atoms with Gasteiger partial charge in [0.25, 0.3) is 0 Å². The number of nitrogens with zero attached hydrogens (tertiary/aromatic N) is 3. The SMILES string of the molecule is [2H]c1cc(C(F)(F)F)ccc1-n1c2ccc(C(=O)OC)cc2c2nn(C)cc21. The van der Waals surface area contributed by atoms with Crippen molar-refractivity contribution in [2.75, 3.05) is 7.11 Å². The van der Waals surface area contributed by atoms with Crippen molar-refractivity contribution < 1.29 is 24.1 Å². The highest BCUT2D eigenvalue weighted by Gasteiger charge is 2.30. The summed E-state index contributed by atoms with van der Waals surface area (Å²) in [6.07, 6.45) is -2.81. The number of hydrogen-bond donors (Lipinski definition) is 0. The van der Waals surface area contributed by atoms with Crippen LogP contribution in [0.25, 0.3) is 27.6 Å². The largest absolute Gasteiger partial charge is 0.465 e. The molecule has 2 aromatic carbocycles. The zero-order valence-electron chi connectivity index (χ0n) is 15.3. The Kier molecular flexibility index (Phi) is 3.46. The summed E-state index contributed by atoms with van der Waals surface area (Å²) in [6.45, 7) is 0. The van der Waals surface area contributed by atoms with E-state index in [4.69, 9.17) is 6.11 Å². The standard InChI is InChI=1S/C19H14F3N3O2/c1-24-10-16-17(23-24)14-9-11(18(26)27-2)3-8-15(14)25(16)13-6-4-12(5-7-13)19(20,21)22/h3-10H,1-2H3/i6D. The second-order valence-corrected chi connectivity index (χ2v) is 6.06. The van der Waals surface area contributed by atoms with Gasteiger partial charge in [-0.15, -0.1) is 0 Å². The molecule has 5 nitrogen and oxygen atoms in total. The van der Waals surface area contributed by atoms with Crippen LogP contribution in [0.3, 0.4) is 0 Å². The summed E-state index contributed by atoms with van der Waals surface area (Å²) >= 11 is 0. The Labute approximate surface area is 153 Å². The molecular weight excluding hydrogens is 359 g/mol. The van der Waals surface area contributed by atoms with Gasteiger partial charge in [-0.1, -0.05) is 0 Å². The van der Waals surface area contributed by atoms with Crippen LogP contribution in [0, 0.1) is 0 Å². The van der Waals surface area contributed by atoms with Crippen LogP contribution in [-0.4, -0.2) is 27.4 Å². The average Bonchev–Trinajstić information content (AvgIpc) is 3.15. The summed E-state index contributed by atoms with van der Waals surface area (Å²) in [4.78, 5) is 11.9. The highest BCUT2D eigenvalue weighted by molar-refractivity contribution is 6.09. The van der Waals surface area contributed by atoms with Crippen LogP contribution in [0.5, 0.6) is 0 Å². The number of alkyl halides is 3. The molecule has 0 atom stereocenters. The lowest BCUT2D eigenvalue weighted by atomic mass is 10.1. The van der Waals surface area contributed by atoms with Crippen molar-refractivity contribution in [1.29, 1.82) is 0 Å². The van der Waals surface area contributed by atoms with E-state index in [0.29, 0.717) is 27.5 Å². The molecule has 0 saturated heterocycles. The Bertz CT molecular complexity index is 1240. The minimum atomic E-state index is -4.52. The summed E-state index contributed by atoms with van der Waals surface area (Å²) in [6, 6.07) is 7.61. The van der Waals surface area contributed by atoms with Crippen LogP contribution in [-0.2, 0) is 18.0 Å². The maximum atomic E-state index is 13.0. The molecule has 0 N–H and O–H groups in total. The van der Waals surface area contributed by atoms with Crippen LogP contribution in [0.15, 0.2) is 48.6 Å². The lowest BCUT2D eigenvalue weighted by Crippen LogP contribution is -2.05. The van der Waals surface area contributed by atoms with Gasteiger partial charge in [-0.25, -0.2) is 4.79 Å². The van der Waals surface area contributed by atoms with Gasteiger partial charge in [-0.05, 0) is 42.4 Å². The number of esters is 1. The number of carbonyl (C=O) groups excluding carboxylic acids is 1. The fraction of sp³-hybridized carbons (Fsp3) is 0.158. The average molecular weight is 374 g/mol. The van der Waals surface area contributed by atoms with Gasteiger partial charge in [-0.3, -0.25) is 4.68 Å². The van der Waals surface area contributed by atoms with Gasteiger partial charge in [0.15, 0.2) is 0 Å². The third-order valence-electron chi connectivity index (χ3n) is 4.33. The van der Waals surface area contributed by atoms with E-state index >= 15 is 0 Å². The Hall–Kier alpha value is -3.29. The second kappa shape index (κ2) is 5.87. The number of hydrogen-bond acceptors (Lipinski definition) is 3. The molecule has 0 fully saturated rings. The van der Waals surface area contributed by atoms with Crippen molar-refractivity contribution in [3.8, 4) is 5.69 Å². The second-order valence-electron chi connectivity index (χ2n) is 6.06. The van der Waals surface area contributed by atoms with E-state index in [9.17, 15) is 18.0 Å². The molecule has 4 rings (SSSR count). The predicted molar refractivity (Wildman–Crippen MR) is 93.9 cm³/mol. The van der Waals surface area contributed by atoms with Crippen molar-refractivity contribution in [2.24, 2.45) is 7.05 Å². The Morgan fingerprint density at radius 2 is 1.96 bits per heavy atom. The lowest BCUT2D eigenvalue weighted by molar-refractivity contribution is -0.137. The van der Waals surface area contributed by atoms with Crippen LogP contribution >= 0.6 is 0 Å². The first-order valence-electron chi connectivity index (χ1n) is 8.45. The van der Waals surface area contributed by atoms with Crippen molar-refractivity contribution in [2.45, 2.75) is 6.18 Å². The van der Waals surface area contributed by atoms with E-state index in [1.54, 1.807) is 40.7 Å². The molecule has 0 saturated carbocycles. The molecular formula is C19H14F3N3O2. The zero-order chi connectivity index (χ0) is 20.2. The number of rotatable bonds is 2. The first-order chi connectivity index (χ1) is 13.2. The molecule has 0 aliphatic rings. The molecule has 0 unspecified atom stereocenters. The van der Waals surface area contributed by atoms with E-state index in [0.717, 1.165) is 12.1 Å². The van der Waals surface area contributed by atoms with Gasteiger partial charge in [0.2, 0.25) is 0 Å². The number of carbonyl (C=O) groups is 1. The van der Waals surface area contributed by atoms with Gasteiger partial charge in [0.05, 0.1) is 30.6 Å². The Morgan fingerprint density at radius 3 is 2.63 bits per heavy atom. The maximum absolute atomic E-state index is 13.0. The monoisotopic (exact) mass is 374 g/mol. The molecule has 0 amide bonds. The number of methoxy groups -OCH3 is 1. The minimum Gasteiger partial charge on any atom is -0.465 e. The molecule has 8 heteroatoms. The number of aromatic nitrogens is 3. The van der Waals surface area contributed by atoms with E-state index in [1.807, 2.05) is 0 Å². The summed E-state index contributed by atoms with van der Waals surface area (Å²) in [7, 11) is 3.00. The fourth-order valence-corrected chi connectivity index (χ4v) is 3.12. The third kappa shape index (κ3) is 2.73. The first-order valence-corrected chi connectivity index (χ1v) is 7.95. The van der Waals surface area contributed by atoms with E-state index in [1.165, 1.54) is 13.2 Å². The molecule has 2 aromatic heterocycles. The van der Waals surface area contributed by atoms with E-state index in [2.05, 4.69) is 5.10 Å². The Balaban J connectivity index is 2.02. The number of ether oxygens (including phenoxy) is 1. The predicted octanol–water partition coefficient (Wildman–Crippen LogP) is 4.32. The topological polar surface area (TPSA) is 49.1 Å². The number of halogens is 3. The van der Waals surface area contributed by atoms with Crippen LogP contribution in [0.2, 0.25) is 0 Å². The number of aryl methyl sites for hydroxylation is 1. The fourth-order valence-electron chi connectivity index (χ4n) is 3.12. The highest BCUT2D eigenvalue weighted by Crippen LogP contribution is 2.34. The molecule has 4 aromatic rings. The summed E-state index contributed by atoms with van der Waals surface area (Å²) < 4.78 is 55.0. The Morgan fingerprint density at radius 1 is 1.19 bits per heavy atom. The van der Waals surface area contributed by atoms with E-state index < -0.39 is 17.7 Å². The van der Waals surface area contributed by atoms with Crippen molar-refractivity contribution in [1.82, 2.24) is 14.3 Å². The maximum Gasteiger partial charge on any atom is 0.416 e. The van der Waals surface area contributed by atoms with Crippen molar-refractivity contribution in [3.63, 3.8) is 0 Å². The molecule has 0 aliphatic heterocycles. The molecule has 138 valence electrons. The molecule has 2 heterocycles. The first kappa shape index (κ1) is 15.9. The van der Waals surface area contributed by atoms with Gasteiger partial charge >= 0.3 is 12.1 Å². The quantitative estimate of drug-likeness (QED) is 0.491. The lowest BCUT2D eigenvalue weighted by Gasteiger charge is -2.10. The highest BCUT2D eigenvalue weighted by atomic mass is 19.4. The third-order valence-corrected chi connectivity index (χ3v) is 4.33. The van der Waals surface area contributed by atoms with Gasteiger partial charge in [0.1, 0.15) is 5.52 Å². The van der Waals surface area contributed by atoms with Crippen LogP contribution in [0.1, 0.15) is 17.3 Å². The van der Waals surface area contributed by atoms with Crippen molar-refractivity contribution in [3.05, 3.63) is 59.8 Å². The number of fused-ring (bicyclic) bond motifs is 3. The molecule has 0 bridgehead atoms. The van der Waals surface area contributed by atoms with Crippen LogP contribution in [0.4, 0.5) is 13.2 Å². The zero-order valence-corrected chi connectivity index (χ0v) is 14.3. The van der Waals surface area contributed by atoms with Gasteiger partial charge in [-0.2, -0.15) is 18.3 Å². The van der Waals surface area contributed by atoms with Crippen LogP contribution < -0.4 is 0 Å². The summed E-state index contributed by atoms with van der Waals surface area (Å²) in [5, 5.41) is 5.04.